The molecule has 7 nitrogen and oxygen atoms in total. The molecule has 0 aromatic rings. The molecule has 0 fully saturated rings. The number of nitrogens with one attached hydrogen (secondary N) is 1. The predicted octanol–water partition coefficient (Wildman–Crippen LogP) is 1.05. The Hall–Kier alpha value is -1.02. The van der Waals surface area contributed by atoms with Crippen LogP contribution in [0.3, 0.4) is 0 Å². The van der Waals surface area contributed by atoms with Crippen LogP contribution in [-0.4, -0.2) is 71.1 Å². The van der Waals surface area contributed by atoms with Gasteiger partial charge in [0.2, 0.25) is 5.91 Å². The fraction of sp³-hybridized carbons (Fsp3) is 0.875. The average molecular weight is 335 g/mol. The zero-order valence-electron chi connectivity index (χ0n) is 14.6. The Bertz CT molecular complexity index is 315. The highest BCUT2D eigenvalue weighted by molar-refractivity contribution is 5.79. The van der Waals surface area contributed by atoms with E-state index in [1.54, 1.807) is 6.92 Å². The topological polar surface area (TPSA) is 83.1 Å². The Morgan fingerprint density at radius 2 is 1.35 bits per heavy atom. The molecule has 0 radical (unpaired) electrons. The highest BCUT2D eigenvalue weighted by Gasteiger charge is 2.02. The quantitative estimate of drug-likeness (QED) is 0.425. The molecule has 0 saturated heterocycles. The van der Waals surface area contributed by atoms with E-state index in [-0.39, 0.29) is 26.3 Å². The van der Waals surface area contributed by atoms with Crippen molar-refractivity contribution in [3.05, 3.63) is 0 Å². The highest BCUT2D eigenvalue weighted by atomic mass is 16.6. The molecule has 1 N–H and O–H groups in total. The minimum atomic E-state index is -0.108. The molecule has 1 amide bonds. The fourth-order valence-electron chi connectivity index (χ4n) is 1.38. The van der Waals surface area contributed by atoms with Gasteiger partial charge in [-0.1, -0.05) is 20.8 Å². The number of amides is 1. The van der Waals surface area contributed by atoms with Crippen LogP contribution in [-0.2, 0) is 28.5 Å². The van der Waals surface area contributed by atoms with E-state index in [2.05, 4.69) is 5.32 Å². The third-order valence-electron chi connectivity index (χ3n) is 2.71. The molecule has 0 aromatic heterocycles. The van der Waals surface area contributed by atoms with Crippen LogP contribution in [0.15, 0.2) is 0 Å². The predicted molar refractivity (Wildman–Crippen MR) is 88.5 cm³/mol. The van der Waals surface area contributed by atoms with Crippen LogP contribution in [0.1, 0.15) is 28.6 Å². The van der Waals surface area contributed by atoms with Crippen LogP contribution in [0.4, 0.5) is 0 Å². The highest BCUT2D eigenvalue weighted by Crippen LogP contribution is 1.88. The van der Waals surface area contributed by atoms with Gasteiger partial charge in [-0.3, -0.25) is 9.59 Å². The molecule has 7 heteroatoms. The molecule has 0 rings (SSSR count). The molecule has 0 bridgehead atoms. The third-order valence-corrected chi connectivity index (χ3v) is 2.71. The minimum absolute atomic E-state index is 0. The first-order valence-electron chi connectivity index (χ1n) is 8.15. The van der Waals surface area contributed by atoms with Crippen LogP contribution < -0.4 is 5.32 Å². The van der Waals surface area contributed by atoms with E-state index in [1.165, 1.54) is 0 Å². The van der Waals surface area contributed by atoms with E-state index in [0.717, 1.165) is 0 Å². The van der Waals surface area contributed by atoms with E-state index in [9.17, 15) is 9.59 Å². The van der Waals surface area contributed by atoms with Crippen molar-refractivity contribution in [1.82, 2.24) is 5.32 Å². The summed E-state index contributed by atoms with van der Waals surface area (Å²) < 4.78 is 20.9. The average Bonchev–Trinajstić information content (AvgIpc) is 2.53. The van der Waals surface area contributed by atoms with Gasteiger partial charge >= 0.3 is 0 Å². The number of carbonyl (C=O) groups excluding carboxylic acids is 2. The number of hydrogen-bond acceptors (Lipinski definition) is 6. The van der Waals surface area contributed by atoms with Crippen LogP contribution in [0, 0.1) is 5.92 Å². The number of ketones is 1. The SMILES string of the molecule is CCC(=O)COCCOCCOCCOCC(=O)NCC(C)C.[HH]. The summed E-state index contributed by atoms with van der Waals surface area (Å²) in [6, 6.07) is 0. The van der Waals surface area contributed by atoms with Gasteiger partial charge in [0, 0.05) is 14.4 Å². The Morgan fingerprint density at radius 3 is 1.83 bits per heavy atom. The van der Waals surface area contributed by atoms with Gasteiger partial charge in [0.15, 0.2) is 5.78 Å². The third kappa shape index (κ3) is 17.2. The standard InChI is InChI=1S/C16H31NO6.H2/c1-4-15(18)12-22-9-7-20-5-6-21-8-10-23-13-16(19)17-11-14(2)3;/h14H,4-13H2,1-3H3,(H,17,19);1H. The van der Waals surface area contributed by atoms with Crippen LogP contribution >= 0.6 is 0 Å². The normalized spacial score (nSPS) is 11.0. The summed E-state index contributed by atoms with van der Waals surface area (Å²) >= 11 is 0. The Kier molecular flexibility index (Phi) is 15.2. The number of hydrogen-bond donors (Lipinski definition) is 1. The lowest BCUT2D eigenvalue weighted by atomic mass is 10.2. The van der Waals surface area contributed by atoms with Gasteiger partial charge in [0.1, 0.15) is 13.2 Å². The van der Waals surface area contributed by atoms with Gasteiger partial charge in [-0.2, -0.15) is 0 Å². The molecule has 0 unspecified atom stereocenters. The van der Waals surface area contributed by atoms with Crippen molar-refractivity contribution in [1.29, 1.82) is 0 Å². The second kappa shape index (κ2) is 15.9. The number of carbonyl (C=O) groups is 2. The molecule has 0 aliphatic carbocycles. The largest absolute Gasteiger partial charge is 0.377 e. The fourth-order valence-corrected chi connectivity index (χ4v) is 1.38. The van der Waals surface area contributed by atoms with Crippen molar-refractivity contribution in [2.75, 3.05) is 59.4 Å². The lowest BCUT2D eigenvalue weighted by Crippen LogP contribution is -2.31. The van der Waals surface area contributed by atoms with Crippen molar-refractivity contribution in [3.8, 4) is 0 Å². The van der Waals surface area contributed by atoms with Gasteiger partial charge in [0.25, 0.3) is 0 Å². The molecule has 0 aromatic carbocycles. The van der Waals surface area contributed by atoms with Crippen molar-refractivity contribution in [2.45, 2.75) is 27.2 Å². The second-order valence-electron chi connectivity index (χ2n) is 5.42. The van der Waals surface area contributed by atoms with Crippen LogP contribution in [0.5, 0.6) is 0 Å². The van der Waals surface area contributed by atoms with Gasteiger partial charge < -0.3 is 24.3 Å². The summed E-state index contributed by atoms with van der Waals surface area (Å²) in [7, 11) is 0. The summed E-state index contributed by atoms with van der Waals surface area (Å²) in [6.45, 7) is 9.29. The zero-order valence-corrected chi connectivity index (χ0v) is 14.6. The van der Waals surface area contributed by atoms with Gasteiger partial charge in [-0.15, -0.1) is 0 Å². The Balaban J connectivity index is 0. The van der Waals surface area contributed by atoms with Gasteiger partial charge in [0.05, 0.1) is 39.6 Å². The van der Waals surface area contributed by atoms with Crippen LogP contribution in [0.25, 0.3) is 0 Å². The smallest absolute Gasteiger partial charge is 0.246 e. The maximum Gasteiger partial charge on any atom is 0.246 e. The molecule has 0 aliphatic heterocycles. The first-order valence-corrected chi connectivity index (χ1v) is 8.15. The number of rotatable bonds is 16. The van der Waals surface area contributed by atoms with E-state index in [1.807, 2.05) is 13.8 Å². The summed E-state index contributed by atoms with van der Waals surface area (Å²) in [4.78, 5) is 22.3. The van der Waals surface area contributed by atoms with E-state index < -0.39 is 0 Å². The van der Waals surface area contributed by atoms with Crippen molar-refractivity contribution in [2.24, 2.45) is 5.92 Å². The molecular formula is C16H33NO6. The molecule has 0 spiro atoms. The summed E-state index contributed by atoms with van der Waals surface area (Å²) in [5, 5.41) is 2.77. The maximum atomic E-state index is 11.3. The zero-order chi connectivity index (χ0) is 17.3. The first kappa shape index (κ1) is 22.0. The van der Waals surface area contributed by atoms with Gasteiger partial charge in [-0.25, -0.2) is 0 Å². The molecule has 0 aliphatic rings. The monoisotopic (exact) mass is 335 g/mol. The second-order valence-corrected chi connectivity index (χ2v) is 5.42. The van der Waals surface area contributed by atoms with Crippen molar-refractivity contribution < 1.29 is 30.0 Å². The summed E-state index contributed by atoms with van der Waals surface area (Å²) in [6.07, 6.45) is 0.496. The first-order chi connectivity index (χ1) is 11.1. The van der Waals surface area contributed by atoms with E-state index >= 15 is 0 Å². The molecule has 0 heterocycles. The lowest BCUT2D eigenvalue weighted by Gasteiger charge is -2.09. The molecular weight excluding hydrogens is 302 g/mol. The minimum Gasteiger partial charge on any atom is -0.377 e. The lowest BCUT2D eigenvalue weighted by molar-refractivity contribution is -0.126. The van der Waals surface area contributed by atoms with Crippen molar-refractivity contribution >= 4 is 11.7 Å². The maximum absolute atomic E-state index is 11.3. The number of ether oxygens (including phenoxy) is 4. The number of Topliss-reactive ketones (excluding diaryl/α,β-unsaturated/α-hetero) is 1. The molecule has 0 atom stereocenters. The summed E-state index contributed by atoms with van der Waals surface area (Å²) in [5.74, 6) is 0.412. The Labute approximate surface area is 140 Å². The van der Waals surface area contributed by atoms with E-state index in [0.29, 0.717) is 58.5 Å². The molecule has 0 saturated carbocycles. The van der Waals surface area contributed by atoms with E-state index in [4.69, 9.17) is 18.9 Å². The van der Waals surface area contributed by atoms with Crippen molar-refractivity contribution in [3.63, 3.8) is 0 Å². The van der Waals surface area contributed by atoms with Gasteiger partial charge in [-0.05, 0) is 5.92 Å². The molecule has 23 heavy (non-hydrogen) atoms. The summed E-state index contributed by atoms with van der Waals surface area (Å²) in [5.41, 5.74) is 0. The van der Waals surface area contributed by atoms with Crippen LogP contribution in [0.2, 0.25) is 0 Å². The molecule has 138 valence electrons. The Morgan fingerprint density at radius 1 is 0.870 bits per heavy atom.